The highest BCUT2D eigenvalue weighted by molar-refractivity contribution is 8.02. The molecule has 0 saturated heterocycles. The zero-order chi connectivity index (χ0) is 12.1. The molecule has 1 heterocycles. The van der Waals surface area contributed by atoms with Gasteiger partial charge in [-0.15, -0.1) is 0 Å². The van der Waals surface area contributed by atoms with Gasteiger partial charge in [-0.25, -0.2) is 9.78 Å². The van der Waals surface area contributed by atoms with Crippen LogP contribution in [0.2, 0.25) is 0 Å². The number of nitrogens with one attached hydrogen (secondary N) is 1. The molecule has 0 aliphatic carbocycles. The molecule has 0 unspecified atom stereocenters. The van der Waals surface area contributed by atoms with E-state index in [2.05, 4.69) is 9.97 Å². The Morgan fingerprint density at radius 2 is 2.35 bits per heavy atom. The number of H-pyrrole nitrogens is 1. The maximum atomic E-state index is 11.1. The third-order valence-corrected chi connectivity index (χ3v) is 2.73. The van der Waals surface area contributed by atoms with Crippen LogP contribution in [0.15, 0.2) is 40.9 Å². The zero-order valence-corrected chi connectivity index (χ0v) is 10.2. The second-order valence-corrected chi connectivity index (χ2v) is 4.13. The topological polar surface area (TPSA) is 55.0 Å². The number of carbonyl (C=O) groups excluding carboxylic acids is 1. The summed E-state index contributed by atoms with van der Waals surface area (Å²) in [7, 11) is 0. The number of benzene rings is 1. The van der Waals surface area contributed by atoms with Gasteiger partial charge in [0.25, 0.3) is 0 Å². The average Bonchev–Trinajstić information content (AvgIpc) is 2.71. The predicted molar refractivity (Wildman–Crippen MR) is 67.7 cm³/mol. The number of para-hydroxylation sites is 2. The number of imidazole rings is 1. The lowest BCUT2D eigenvalue weighted by Crippen LogP contribution is -1.98. The van der Waals surface area contributed by atoms with Crippen molar-refractivity contribution in [2.45, 2.75) is 12.1 Å². The van der Waals surface area contributed by atoms with Gasteiger partial charge in [-0.2, -0.15) is 0 Å². The molecule has 0 radical (unpaired) electrons. The van der Waals surface area contributed by atoms with E-state index in [1.54, 1.807) is 12.3 Å². The van der Waals surface area contributed by atoms with Crippen molar-refractivity contribution in [1.82, 2.24) is 9.97 Å². The SMILES string of the molecule is CCOC(=O)/C=C/Sc1nc2ccccc2[nH]1. The van der Waals surface area contributed by atoms with Crippen molar-refractivity contribution >= 4 is 28.8 Å². The van der Waals surface area contributed by atoms with Gasteiger partial charge in [-0.05, 0) is 24.5 Å². The number of aromatic nitrogens is 2. The highest BCUT2D eigenvalue weighted by Gasteiger charge is 2.00. The van der Waals surface area contributed by atoms with E-state index in [1.807, 2.05) is 24.3 Å². The van der Waals surface area contributed by atoms with E-state index in [1.165, 1.54) is 17.8 Å². The zero-order valence-electron chi connectivity index (χ0n) is 9.34. The van der Waals surface area contributed by atoms with E-state index in [0.717, 1.165) is 16.2 Å². The van der Waals surface area contributed by atoms with E-state index < -0.39 is 0 Å². The lowest BCUT2D eigenvalue weighted by Gasteiger charge is -1.93. The molecule has 17 heavy (non-hydrogen) atoms. The maximum Gasteiger partial charge on any atom is 0.331 e. The minimum atomic E-state index is -0.337. The fourth-order valence-corrected chi connectivity index (χ4v) is 1.96. The van der Waals surface area contributed by atoms with Gasteiger partial charge in [-0.3, -0.25) is 0 Å². The van der Waals surface area contributed by atoms with E-state index in [9.17, 15) is 4.79 Å². The standard InChI is InChI=1S/C12H12N2O2S/c1-2-16-11(15)7-8-17-12-13-9-5-3-4-6-10(9)14-12/h3-8H,2H2,1H3,(H,13,14)/b8-7+. The smallest absolute Gasteiger partial charge is 0.331 e. The Morgan fingerprint density at radius 3 is 3.12 bits per heavy atom. The predicted octanol–water partition coefficient (Wildman–Crippen LogP) is 2.73. The van der Waals surface area contributed by atoms with Crippen molar-refractivity contribution in [3.8, 4) is 0 Å². The first-order valence-corrected chi connectivity index (χ1v) is 6.12. The Kier molecular flexibility index (Phi) is 3.82. The molecular weight excluding hydrogens is 236 g/mol. The van der Waals surface area contributed by atoms with Gasteiger partial charge in [0.2, 0.25) is 0 Å². The molecule has 88 valence electrons. The van der Waals surface area contributed by atoms with Crippen LogP contribution in [-0.2, 0) is 9.53 Å². The number of fused-ring (bicyclic) bond motifs is 1. The molecule has 0 bridgehead atoms. The van der Waals surface area contributed by atoms with Gasteiger partial charge >= 0.3 is 5.97 Å². The van der Waals surface area contributed by atoms with Crippen molar-refractivity contribution in [2.75, 3.05) is 6.61 Å². The van der Waals surface area contributed by atoms with Crippen LogP contribution in [0.3, 0.4) is 0 Å². The van der Waals surface area contributed by atoms with Crippen LogP contribution in [0, 0.1) is 0 Å². The second kappa shape index (κ2) is 5.54. The van der Waals surface area contributed by atoms with Gasteiger partial charge in [0.1, 0.15) is 0 Å². The Hall–Kier alpha value is -1.75. The molecule has 1 aromatic carbocycles. The summed E-state index contributed by atoms with van der Waals surface area (Å²) in [6.07, 6.45) is 1.39. The van der Waals surface area contributed by atoms with Crippen LogP contribution < -0.4 is 0 Å². The summed E-state index contributed by atoms with van der Waals surface area (Å²) < 4.78 is 4.77. The summed E-state index contributed by atoms with van der Waals surface area (Å²) in [6, 6.07) is 7.78. The van der Waals surface area contributed by atoms with Gasteiger partial charge in [0.15, 0.2) is 5.16 Å². The molecule has 0 spiro atoms. The lowest BCUT2D eigenvalue weighted by molar-refractivity contribution is -0.137. The number of thioether (sulfide) groups is 1. The third kappa shape index (κ3) is 3.10. The Bertz CT molecular complexity index is 515. The monoisotopic (exact) mass is 248 g/mol. The van der Waals surface area contributed by atoms with Gasteiger partial charge < -0.3 is 9.72 Å². The molecule has 0 fully saturated rings. The molecule has 2 rings (SSSR count). The van der Waals surface area contributed by atoms with E-state index >= 15 is 0 Å². The molecular formula is C12H12N2O2S. The lowest BCUT2D eigenvalue weighted by atomic mass is 10.3. The molecule has 1 N–H and O–H groups in total. The van der Waals surface area contributed by atoms with Crippen LogP contribution in [0.1, 0.15) is 6.92 Å². The van der Waals surface area contributed by atoms with Gasteiger partial charge in [0.05, 0.1) is 17.6 Å². The highest BCUT2D eigenvalue weighted by Crippen LogP contribution is 2.19. The molecule has 0 amide bonds. The van der Waals surface area contributed by atoms with Gasteiger partial charge in [-0.1, -0.05) is 23.9 Å². The number of ether oxygens (including phenoxy) is 1. The van der Waals surface area contributed by atoms with Crippen LogP contribution in [0.25, 0.3) is 11.0 Å². The van der Waals surface area contributed by atoms with Crippen LogP contribution in [0.5, 0.6) is 0 Å². The first-order valence-electron chi connectivity index (χ1n) is 5.24. The van der Waals surface area contributed by atoms with E-state index in [-0.39, 0.29) is 5.97 Å². The number of esters is 1. The molecule has 4 nitrogen and oxygen atoms in total. The van der Waals surface area contributed by atoms with Gasteiger partial charge in [0, 0.05) is 6.08 Å². The molecule has 1 aromatic heterocycles. The summed E-state index contributed by atoms with van der Waals surface area (Å²) >= 11 is 1.35. The van der Waals surface area contributed by atoms with Crippen LogP contribution >= 0.6 is 11.8 Å². The number of hydrogen-bond donors (Lipinski definition) is 1. The fraction of sp³-hybridized carbons (Fsp3) is 0.167. The number of rotatable bonds is 4. The molecule has 0 atom stereocenters. The van der Waals surface area contributed by atoms with Crippen molar-refractivity contribution in [1.29, 1.82) is 0 Å². The average molecular weight is 248 g/mol. The Labute approximate surface area is 103 Å². The number of hydrogen-bond acceptors (Lipinski definition) is 4. The normalized spacial score (nSPS) is 11.1. The fourth-order valence-electron chi connectivity index (χ4n) is 1.33. The largest absolute Gasteiger partial charge is 0.463 e. The molecule has 5 heteroatoms. The Balaban J connectivity index is 2.01. The van der Waals surface area contributed by atoms with Crippen molar-refractivity contribution in [3.63, 3.8) is 0 Å². The minimum absolute atomic E-state index is 0.337. The number of carbonyl (C=O) groups is 1. The van der Waals surface area contributed by atoms with Crippen LogP contribution in [-0.4, -0.2) is 22.5 Å². The van der Waals surface area contributed by atoms with E-state index in [0.29, 0.717) is 6.61 Å². The molecule has 2 aromatic rings. The van der Waals surface area contributed by atoms with Crippen molar-refractivity contribution in [3.05, 3.63) is 35.7 Å². The summed E-state index contributed by atoms with van der Waals surface area (Å²) in [5, 5.41) is 2.42. The van der Waals surface area contributed by atoms with Crippen LogP contribution in [0.4, 0.5) is 0 Å². The second-order valence-electron chi connectivity index (χ2n) is 3.23. The first kappa shape index (κ1) is 11.7. The summed E-state index contributed by atoms with van der Waals surface area (Å²) in [6.45, 7) is 2.16. The minimum Gasteiger partial charge on any atom is -0.463 e. The highest BCUT2D eigenvalue weighted by atomic mass is 32.2. The summed E-state index contributed by atoms with van der Waals surface area (Å²) in [4.78, 5) is 18.6. The molecule has 0 saturated carbocycles. The first-order chi connectivity index (χ1) is 8.29. The number of nitrogens with zero attached hydrogens (tertiary/aromatic N) is 1. The van der Waals surface area contributed by atoms with E-state index in [4.69, 9.17) is 4.74 Å². The van der Waals surface area contributed by atoms with Crippen molar-refractivity contribution in [2.24, 2.45) is 0 Å². The maximum absolute atomic E-state index is 11.1. The van der Waals surface area contributed by atoms with Crippen molar-refractivity contribution < 1.29 is 9.53 Å². The molecule has 0 aliphatic heterocycles. The third-order valence-electron chi connectivity index (χ3n) is 2.04. The summed E-state index contributed by atoms with van der Waals surface area (Å²) in [5.41, 5.74) is 1.90. The summed E-state index contributed by atoms with van der Waals surface area (Å²) in [5.74, 6) is -0.337. The Morgan fingerprint density at radius 1 is 1.53 bits per heavy atom. The number of aromatic amines is 1. The quantitative estimate of drug-likeness (QED) is 0.513. The molecule has 0 aliphatic rings.